The number of aromatic amines is 1. The summed E-state index contributed by atoms with van der Waals surface area (Å²) < 4.78 is 26.5. The Morgan fingerprint density at radius 1 is 1.19 bits per heavy atom. The van der Waals surface area contributed by atoms with E-state index in [2.05, 4.69) is 9.71 Å². The van der Waals surface area contributed by atoms with Crippen molar-refractivity contribution in [3.05, 3.63) is 73.9 Å². The van der Waals surface area contributed by atoms with Crippen molar-refractivity contribution in [2.75, 3.05) is 5.75 Å². The fraction of sp³-hybridized carbons (Fsp3) is 0.318. The van der Waals surface area contributed by atoms with Crippen molar-refractivity contribution in [1.82, 2.24) is 9.71 Å². The number of unbranched alkanes of at least 4 members (excludes halogenated alkanes) is 2. The summed E-state index contributed by atoms with van der Waals surface area (Å²) in [6.07, 6.45) is 2.55. The molecule has 3 rings (SSSR count). The number of nitrogens with zero attached hydrogens (tertiary/aromatic N) is 1. The van der Waals surface area contributed by atoms with E-state index in [1.165, 1.54) is 12.1 Å². The zero-order valence-corrected chi connectivity index (χ0v) is 19.3. The predicted octanol–water partition coefficient (Wildman–Crippen LogP) is 4.88. The van der Waals surface area contributed by atoms with Crippen molar-refractivity contribution >= 4 is 44.1 Å². The highest BCUT2D eigenvalue weighted by molar-refractivity contribution is 7.90. The third kappa shape index (κ3) is 5.46. The number of nitrogens with one attached hydrogen (secondary N) is 2. The summed E-state index contributed by atoms with van der Waals surface area (Å²) in [7, 11) is -3.70. The zero-order chi connectivity index (χ0) is 23.5. The molecule has 0 bridgehead atoms. The van der Waals surface area contributed by atoms with Crippen LogP contribution in [0.2, 0.25) is 5.02 Å². The van der Waals surface area contributed by atoms with Crippen LogP contribution in [0.25, 0.3) is 10.9 Å². The van der Waals surface area contributed by atoms with Gasteiger partial charge in [-0.3, -0.25) is 14.9 Å². The Kier molecular flexibility index (Phi) is 7.20. The minimum atomic E-state index is -3.70. The third-order valence-electron chi connectivity index (χ3n) is 5.26. The first-order valence-corrected chi connectivity index (χ1v) is 12.2. The highest BCUT2D eigenvalue weighted by Gasteiger charge is 2.18. The van der Waals surface area contributed by atoms with Gasteiger partial charge in [0.1, 0.15) is 0 Å². The van der Waals surface area contributed by atoms with Crippen molar-refractivity contribution in [3.8, 4) is 0 Å². The molecule has 0 saturated heterocycles. The number of carbonyl (C=O) groups excluding carboxylic acids is 1. The molecule has 0 unspecified atom stereocenters. The minimum absolute atomic E-state index is 0.0894. The molecule has 32 heavy (non-hydrogen) atoms. The van der Waals surface area contributed by atoms with Crippen LogP contribution in [0.4, 0.5) is 5.69 Å². The van der Waals surface area contributed by atoms with E-state index in [9.17, 15) is 23.3 Å². The molecule has 3 aromatic rings. The third-order valence-corrected chi connectivity index (χ3v) is 6.94. The molecule has 1 aromatic heterocycles. The lowest BCUT2D eigenvalue weighted by Gasteiger charge is -2.08. The minimum Gasteiger partial charge on any atom is -0.358 e. The number of hydrogen-bond acceptors (Lipinski definition) is 5. The van der Waals surface area contributed by atoms with Gasteiger partial charge in [0.2, 0.25) is 10.0 Å². The SMILES string of the molecule is CCCCCS(=O)(=O)NC(=O)c1ccc2[nH]c(C)c(Cc3ccc([N+](=O)[O-])cc3Cl)c2c1. The quantitative estimate of drug-likeness (QED) is 0.258. The Labute approximate surface area is 191 Å². The summed E-state index contributed by atoms with van der Waals surface area (Å²) >= 11 is 6.25. The van der Waals surface area contributed by atoms with Gasteiger partial charge in [0.15, 0.2) is 0 Å². The topological polar surface area (TPSA) is 122 Å². The molecule has 0 saturated carbocycles. The summed E-state index contributed by atoms with van der Waals surface area (Å²) in [6, 6.07) is 9.25. The number of H-pyrrole nitrogens is 1. The van der Waals surface area contributed by atoms with E-state index < -0.39 is 20.9 Å². The van der Waals surface area contributed by atoms with E-state index in [4.69, 9.17) is 11.6 Å². The molecule has 0 aliphatic rings. The fourth-order valence-corrected chi connectivity index (χ4v) is 4.86. The van der Waals surface area contributed by atoms with Crippen LogP contribution in [0.5, 0.6) is 0 Å². The molecule has 0 fully saturated rings. The first-order valence-electron chi connectivity index (χ1n) is 10.2. The Morgan fingerprint density at radius 3 is 2.59 bits per heavy atom. The highest BCUT2D eigenvalue weighted by atomic mass is 35.5. The number of nitro benzene ring substituents is 1. The van der Waals surface area contributed by atoms with Crippen molar-refractivity contribution in [2.45, 2.75) is 39.5 Å². The lowest BCUT2D eigenvalue weighted by Crippen LogP contribution is -2.32. The molecule has 1 amide bonds. The first-order chi connectivity index (χ1) is 15.1. The molecule has 0 aliphatic carbocycles. The molecule has 0 spiro atoms. The number of hydrogen-bond donors (Lipinski definition) is 2. The number of rotatable bonds is 9. The van der Waals surface area contributed by atoms with Crippen molar-refractivity contribution in [3.63, 3.8) is 0 Å². The van der Waals surface area contributed by atoms with Crippen molar-refractivity contribution < 1.29 is 18.1 Å². The number of benzene rings is 2. The lowest BCUT2D eigenvalue weighted by atomic mass is 10.0. The molecule has 0 radical (unpaired) electrons. The molecular weight excluding hydrogens is 454 g/mol. The Balaban J connectivity index is 1.88. The maximum Gasteiger partial charge on any atom is 0.270 e. The second-order valence-electron chi connectivity index (χ2n) is 7.66. The fourth-order valence-electron chi connectivity index (χ4n) is 3.53. The number of fused-ring (bicyclic) bond motifs is 1. The summed E-state index contributed by atoms with van der Waals surface area (Å²) in [4.78, 5) is 26.3. The van der Waals surface area contributed by atoms with E-state index in [1.54, 1.807) is 24.3 Å². The molecule has 2 aromatic carbocycles. The van der Waals surface area contributed by atoms with E-state index >= 15 is 0 Å². The van der Waals surface area contributed by atoms with Crippen LogP contribution in [0.1, 0.15) is 53.4 Å². The number of amides is 1. The van der Waals surface area contributed by atoms with Gasteiger partial charge in [0.25, 0.3) is 11.6 Å². The molecule has 0 atom stereocenters. The molecular formula is C22H24ClN3O5S. The van der Waals surface area contributed by atoms with Gasteiger partial charge < -0.3 is 4.98 Å². The van der Waals surface area contributed by atoms with Gasteiger partial charge in [-0.25, -0.2) is 13.1 Å². The Hall–Kier alpha value is -2.91. The van der Waals surface area contributed by atoms with Gasteiger partial charge in [0, 0.05) is 40.7 Å². The van der Waals surface area contributed by atoms with Gasteiger partial charge in [-0.1, -0.05) is 37.4 Å². The van der Waals surface area contributed by atoms with Crippen molar-refractivity contribution in [2.24, 2.45) is 0 Å². The van der Waals surface area contributed by atoms with Crippen LogP contribution >= 0.6 is 11.6 Å². The number of nitro groups is 1. The second kappa shape index (κ2) is 9.70. The van der Waals surface area contributed by atoms with Gasteiger partial charge in [0.05, 0.1) is 15.7 Å². The monoisotopic (exact) mass is 477 g/mol. The molecule has 8 nitrogen and oxygen atoms in total. The van der Waals surface area contributed by atoms with E-state index in [0.29, 0.717) is 18.4 Å². The maximum atomic E-state index is 12.6. The van der Waals surface area contributed by atoms with Crippen molar-refractivity contribution in [1.29, 1.82) is 0 Å². The summed E-state index contributed by atoms with van der Waals surface area (Å²) in [6.45, 7) is 3.85. The summed E-state index contributed by atoms with van der Waals surface area (Å²) in [5.74, 6) is -0.774. The van der Waals surface area contributed by atoms with Gasteiger partial charge in [-0.15, -0.1) is 0 Å². The Morgan fingerprint density at radius 2 is 1.94 bits per heavy atom. The predicted molar refractivity (Wildman–Crippen MR) is 125 cm³/mol. The van der Waals surface area contributed by atoms with Gasteiger partial charge >= 0.3 is 0 Å². The number of aryl methyl sites for hydroxylation is 1. The van der Waals surface area contributed by atoms with E-state index in [0.717, 1.165) is 35.0 Å². The van der Waals surface area contributed by atoms with Crippen LogP contribution in [0.15, 0.2) is 36.4 Å². The highest BCUT2D eigenvalue weighted by Crippen LogP contribution is 2.30. The van der Waals surface area contributed by atoms with Gasteiger partial charge in [-0.05, 0) is 42.7 Å². The smallest absolute Gasteiger partial charge is 0.270 e. The number of aromatic nitrogens is 1. The largest absolute Gasteiger partial charge is 0.358 e. The van der Waals surface area contributed by atoms with Crippen LogP contribution < -0.4 is 4.72 Å². The Bertz CT molecular complexity index is 1280. The summed E-state index contributed by atoms with van der Waals surface area (Å²) in [5, 5.41) is 12.0. The number of carbonyl (C=O) groups is 1. The van der Waals surface area contributed by atoms with Gasteiger partial charge in [-0.2, -0.15) is 0 Å². The molecule has 2 N–H and O–H groups in total. The molecule has 10 heteroatoms. The van der Waals surface area contributed by atoms with Crippen LogP contribution in [0.3, 0.4) is 0 Å². The molecule has 1 heterocycles. The van der Waals surface area contributed by atoms with Crippen LogP contribution in [-0.2, 0) is 16.4 Å². The number of halogens is 1. The standard InChI is InChI=1S/C22H24ClN3O5S/c1-3-4-5-10-32(30,31)25-22(27)16-7-9-21-19(12-16)18(14(2)24-21)11-15-6-8-17(26(28)29)13-20(15)23/h6-9,12-13,24H,3-5,10-11H2,1-2H3,(H,25,27). The van der Waals surface area contributed by atoms with E-state index in [-0.39, 0.29) is 22.0 Å². The van der Waals surface area contributed by atoms with Crippen LogP contribution in [-0.4, -0.2) is 30.0 Å². The number of sulfonamides is 1. The van der Waals surface area contributed by atoms with E-state index in [1.807, 2.05) is 13.8 Å². The normalized spacial score (nSPS) is 11.6. The summed E-state index contributed by atoms with van der Waals surface area (Å²) in [5.41, 5.74) is 3.36. The maximum absolute atomic E-state index is 12.6. The lowest BCUT2D eigenvalue weighted by molar-refractivity contribution is -0.384. The molecule has 0 aliphatic heterocycles. The second-order valence-corrected chi connectivity index (χ2v) is 9.90. The zero-order valence-electron chi connectivity index (χ0n) is 17.8. The average Bonchev–Trinajstić information content (AvgIpc) is 3.03. The first kappa shape index (κ1) is 23.7. The number of non-ortho nitro benzene ring substituents is 1. The van der Waals surface area contributed by atoms with Crippen LogP contribution in [0, 0.1) is 17.0 Å². The average molecular weight is 478 g/mol. The molecule has 170 valence electrons.